The molecule has 0 spiro atoms. The Kier molecular flexibility index (Phi) is 4.13. The van der Waals surface area contributed by atoms with E-state index in [1.54, 1.807) is 6.07 Å². The first-order valence-corrected chi connectivity index (χ1v) is 6.59. The number of halogens is 3. The molecule has 0 unspecified atom stereocenters. The normalized spacial score (nSPS) is 18.8. The van der Waals surface area contributed by atoms with E-state index in [1.165, 1.54) is 6.07 Å². The fourth-order valence-corrected chi connectivity index (χ4v) is 2.27. The van der Waals surface area contributed by atoms with Crippen LogP contribution in [-0.4, -0.2) is 19.8 Å². The minimum atomic E-state index is -4.43. The fourth-order valence-electron chi connectivity index (χ4n) is 2.27. The van der Waals surface area contributed by atoms with Crippen molar-refractivity contribution in [1.82, 2.24) is 0 Å². The summed E-state index contributed by atoms with van der Waals surface area (Å²) in [7, 11) is 0. The molecule has 1 aromatic carbocycles. The monoisotopic (exact) mass is 288 g/mol. The van der Waals surface area contributed by atoms with E-state index in [9.17, 15) is 13.2 Å². The maximum absolute atomic E-state index is 12.8. The standard InChI is InChI=1S/C14H19F3N2O/c1-13(4-6-20-7-5-13)9-19-10-2-3-12(18)11(8-10)14(15,16)17/h2-3,8,19H,4-7,9,18H2,1H3. The van der Waals surface area contributed by atoms with E-state index >= 15 is 0 Å². The number of nitrogens with two attached hydrogens (primary N) is 1. The zero-order chi connectivity index (χ0) is 14.8. The van der Waals surface area contributed by atoms with Crippen molar-refractivity contribution in [3.8, 4) is 0 Å². The summed E-state index contributed by atoms with van der Waals surface area (Å²) >= 11 is 0. The molecule has 1 saturated heterocycles. The lowest BCUT2D eigenvalue weighted by atomic mass is 9.82. The Morgan fingerprint density at radius 3 is 2.55 bits per heavy atom. The fraction of sp³-hybridized carbons (Fsp3) is 0.571. The SMILES string of the molecule is CC1(CNc2ccc(N)c(C(F)(F)F)c2)CCOCC1. The Morgan fingerprint density at radius 2 is 1.95 bits per heavy atom. The van der Waals surface area contributed by atoms with Crippen molar-refractivity contribution in [1.29, 1.82) is 0 Å². The summed E-state index contributed by atoms with van der Waals surface area (Å²) in [5.74, 6) is 0. The summed E-state index contributed by atoms with van der Waals surface area (Å²) in [5.41, 5.74) is 4.83. The Labute approximate surface area is 116 Å². The van der Waals surface area contributed by atoms with Crippen molar-refractivity contribution in [2.45, 2.75) is 25.9 Å². The smallest absolute Gasteiger partial charge is 0.398 e. The first-order chi connectivity index (χ1) is 9.30. The molecule has 1 aliphatic rings. The molecule has 1 fully saturated rings. The Morgan fingerprint density at radius 1 is 1.30 bits per heavy atom. The summed E-state index contributed by atoms with van der Waals surface area (Å²) in [5, 5.41) is 3.08. The quantitative estimate of drug-likeness (QED) is 0.837. The van der Waals surface area contributed by atoms with Crippen LogP contribution in [0.2, 0.25) is 0 Å². The van der Waals surface area contributed by atoms with E-state index in [4.69, 9.17) is 10.5 Å². The molecular weight excluding hydrogens is 269 g/mol. The van der Waals surface area contributed by atoms with E-state index < -0.39 is 11.7 Å². The van der Waals surface area contributed by atoms with Crippen LogP contribution in [0.3, 0.4) is 0 Å². The van der Waals surface area contributed by atoms with Crippen LogP contribution < -0.4 is 11.1 Å². The number of hydrogen-bond donors (Lipinski definition) is 2. The van der Waals surface area contributed by atoms with Gasteiger partial charge in [-0.15, -0.1) is 0 Å². The van der Waals surface area contributed by atoms with Gasteiger partial charge in [-0.1, -0.05) is 6.92 Å². The van der Waals surface area contributed by atoms with Gasteiger partial charge in [0.15, 0.2) is 0 Å². The first-order valence-electron chi connectivity index (χ1n) is 6.59. The summed E-state index contributed by atoms with van der Waals surface area (Å²) < 4.78 is 43.6. The number of alkyl halides is 3. The van der Waals surface area contributed by atoms with E-state index in [1.807, 2.05) is 0 Å². The summed E-state index contributed by atoms with van der Waals surface area (Å²) in [6.07, 6.45) is -2.62. The molecule has 1 heterocycles. The van der Waals surface area contributed by atoms with Gasteiger partial charge in [0, 0.05) is 31.1 Å². The maximum atomic E-state index is 12.8. The number of nitrogen functional groups attached to an aromatic ring is 1. The Hall–Kier alpha value is -1.43. The molecule has 0 amide bonds. The van der Waals surface area contributed by atoms with Crippen molar-refractivity contribution < 1.29 is 17.9 Å². The lowest BCUT2D eigenvalue weighted by Gasteiger charge is -2.34. The molecule has 0 radical (unpaired) electrons. The van der Waals surface area contributed by atoms with Gasteiger partial charge in [-0.2, -0.15) is 13.2 Å². The molecule has 0 bridgehead atoms. The van der Waals surface area contributed by atoms with Gasteiger partial charge in [-0.3, -0.25) is 0 Å². The molecule has 0 atom stereocenters. The zero-order valence-corrected chi connectivity index (χ0v) is 11.4. The van der Waals surface area contributed by atoms with Crippen LogP contribution in [0.25, 0.3) is 0 Å². The number of anilines is 2. The largest absolute Gasteiger partial charge is 0.418 e. The Bertz CT molecular complexity index is 468. The Balaban J connectivity index is 2.06. The van der Waals surface area contributed by atoms with Gasteiger partial charge in [0.1, 0.15) is 0 Å². The number of nitrogens with one attached hydrogen (secondary N) is 1. The van der Waals surface area contributed by atoms with Gasteiger partial charge in [0.2, 0.25) is 0 Å². The predicted octanol–water partition coefficient (Wildman–Crippen LogP) is 3.52. The molecule has 1 aliphatic heterocycles. The molecule has 3 N–H and O–H groups in total. The van der Waals surface area contributed by atoms with Crippen LogP contribution in [0.4, 0.5) is 24.5 Å². The van der Waals surface area contributed by atoms with Crippen LogP contribution in [0.1, 0.15) is 25.3 Å². The van der Waals surface area contributed by atoms with E-state index in [2.05, 4.69) is 12.2 Å². The van der Waals surface area contributed by atoms with Gasteiger partial charge >= 0.3 is 6.18 Å². The minimum absolute atomic E-state index is 0.0536. The average Bonchev–Trinajstić information content (AvgIpc) is 2.37. The topological polar surface area (TPSA) is 47.3 Å². The molecule has 3 nitrogen and oxygen atoms in total. The van der Waals surface area contributed by atoms with Gasteiger partial charge in [0.05, 0.1) is 5.56 Å². The van der Waals surface area contributed by atoms with Crippen LogP contribution in [0.5, 0.6) is 0 Å². The molecule has 2 rings (SSSR count). The zero-order valence-electron chi connectivity index (χ0n) is 11.4. The molecule has 0 aliphatic carbocycles. The second-order valence-electron chi connectivity index (χ2n) is 5.58. The third-order valence-electron chi connectivity index (χ3n) is 3.78. The molecule has 0 saturated carbocycles. The van der Waals surface area contributed by atoms with Crippen molar-refractivity contribution in [2.24, 2.45) is 5.41 Å². The van der Waals surface area contributed by atoms with Gasteiger partial charge in [-0.25, -0.2) is 0 Å². The third-order valence-corrected chi connectivity index (χ3v) is 3.78. The minimum Gasteiger partial charge on any atom is -0.398 e. The van der Waals surface area contributed by atoms with Gasteiger partial charge in [0.25, 0.3) is 0 Å². The average molecular weight is 288 g/mol. The van der Waals surface area contributed by atoms with Crippen LogP contribution in [-0.2, 0) is 10.9 Å². The highest BCUT2D eigenvalue weighted by molar-refractivity contribution is 5.58. The second-order valence-corrected chi connectivity index (χ2v) is 5.58. The van der Waals surface area contributed by atoms with Crippen LogP contribution in [0.15, 0.2) is 18.2 Å². The first kappa shape index (κ1) is 15.0. The van der Waals surface area contributed by atoms with Crippen LogP contribution in [0, 0.1) is 5.41 Å². The second kappa shape index (κ2) is 5.52. The molecule has 0 aromatic heterocycles. The van der Waals surface area contributed by atoms with Crippen molar-refractivity contribution in [2.75, 3.05) is 30.8 Å². The molecular formula is C14H19F3N2O. The summed E-state index contributed by atoms with van der Waals surface area (Å²) in [6.45, 7) is 4.14. The van der Waals surface area contributed by atoms with E-state index in [0.717, 1.165) is 18.9 Å². The summed E-state index contributed by atoms with van der Waals surface area (Å²) in [6, 6.07) is 3.93. The molecule has 6 heteroatoms. The van der Waals surface area contributed by atoms with Crippen molar-refractivity contribution in [3.05, 3.63) is 23.8 Å². The highest BCUT2D eigenvalue weighted by atomic mass is 19.4. The highest BCUT2D eigenvalue weighted by Gasteiger charge is 2.33. The van der Waals surface area contributed by atoms with Gasteiger partial charge < -0.3 is 15.8 Å². The van der Waals surface area contributed by atoms with Crippen LogP contribution >= 0.6 is 0 Å². The number of benzene rings is 1. The third kappa shape index (κ3) is 3.56. The molecule has 20 heavy (non-hydrogen) atoms. The number of rotatable bonds is 3. The highest BCUT2D eigenvalue weighted by Crippen LogP contribution is 2.36. The molecule has 112 valence electrons. The lowest BCUT2D eigenvalue weighted by Crippen LogP contribution is -2.33. The van der Waals surface area contributed by atoms with E-state index in [0.29, 0.717) is 25.4 Å². The molecule has 1 aromatic rings. The lowest BCUT2D eigenvalue weighted by molar-refractivity contribution is -0.136. The van der Waals surface area contributed by atoms with Gasteiger partial charge in [-0.05, 0) is 36.5 Å². The van der Waals surface area contributed by atoms with E-state index in [-0.39, 0.29) is 11.1 Å². The van der Waals surface area contributed by atoms with Crippen molar-refractivity contribution in [3.63, 3.8) is 0 Å². The number of hydrogen-bond acceptors (Lipinski definition) is 3. The predicted molar refractivity (Wildman–Crippen MR) is 72.5 cm³/mol. The number of ether oxygens (including phenoxy) is 1. The maximum Gasteiger partial charge on any atom is 0.418 e. The van der Waals surface area contributed by atoms with Crippen molar-refractivity contribution >= 4 is 11.4 Å². The summed E-state index contributed by atoms with van der Waals surface area (Å²) in [4.78, 5) is 0.